The van der Waals surface area contributed by atoms with Crippen molar-refractivity contribution in [2.24, 2.45) is 0 Å². The van der Waals surface area contributed by atoms with E-state index in [0.717, 1.165) is 10.2 Å². The van der Waals surface area contributed by atoms with E-state index in [-0.39, 0.29) is 0 Å². The van der Waals surface area contributed by atoms with Crippen LogP contribution in [-0.4, -0.2) is 27.8 Å². The first-order valence-electron chi connectivity index (χ1n) is 8.57. The van der Waals surface area contributed by atoms with Crippen LogP contribution in [0.3, 0.4) is 0 Å². The zero-order chi connectivity index (χ0) is 20.3. The number of ether oxygens (including phenoxy) is 1. The lowest BCUT2D eigenvalue weighted by Gasteiger charge is -2.16. The Hall–Kier alpha value is -3.19. The summed E-state index contributed by atoms with van der Waals surface area (Å²) in [5.74, 6) is 0.230. The van der Waals surface area contributed by atoms with E-state index in [2.05, 4.69) is 15.4 Å². The van der Waals surface area contributed by atoms with Crippen molar-refractivity contribution in [2.45, 2.75) is 19.9 Å². The molecule has 7 nitrogen and oxygen atoms in total. The number of anilines is 1. The van der Waals surface area contributed by atoms with Crippen molar-refractivity contribution >= 4 is 23.2 Å². The lowest BCUT2D eigenvalue weighted by atomic mass is 10.1. The fraction of sp³-hybridized carbons (Fsp3) is 0.200. The number of hydrogen-bond donors (Lipinski definition) is 1. The molecule has 2 aromatic carbocycles. The quantitative estimate of drug-likeness (QED) is 0.711. The fourth-order valence-corrected chi connectivity index (χ4v) is 2.93. The van der Waals surface area contributed by atoms with Gasteiger partial charge in [-0.2, -0.15) is 10.1 Å². The van der Waals surface area contributed by atoms with Gasteiger partial charge in [-0.05, 0) is 37.6 Å². The SMILES string of the molecule is COc1cccc(-c2cnn(C(C)C(=O)Nc3c(C)cccc3Cl)c(=O)n2)c1. The summed E-state index contributed by atoms with van der Waals surface area (Å²) in [6.07, 6.45) is 1.45. The number of rotatable bonds is 5. The molecule has 1 amide bonds. The van der Waals surface area contributed by atoms with Crippen LogP contribution in [0, 0.1) is 6.92 Å². The average molecular weight is 399 g/mol. The number of para-hydroxylation sites is 1. The molecule has 1 unspecified atom stereocenters. The average Bonchev–Trinajstić information content (AvgIpc) is 2.70. The minimum absolute atomic E-state index is 0.398. The molecule has 1 heterocycles. The van der Waals surface area contributed by atoms with Gasteiger partial charge in [-0.15, -0.1) is 0 Å². The normalized spacial score (nSPS) is 11.7. The molecule has 144 valence electrons. The van der Waals surface area contributed by atoms with Gasteiger partial charge in [-0.3, -0.25) is 4.79 Å². The molecule has 8 heteroatoms. The molecule has 1 atom stereocenters. The van der Waals surface area contributed by atoms with Crippen LogP contribution in [-0.2, 0) is 4.79 Å². The predicted molar refractivity (Wildman–Crippen MR) is 108 cm³/mol. The second-order valence-electron chi connectivity index (χ2n) is 6.20. The van der Waals surface area contributed by atoms with Crippen LogP contribution in [0.5, 0.6) is 5.75 Å². The third-order valence-corrected chi connectivity index (χ3v) is 4.61. The number of benzene rings is 2. The summed E-state index contributed by atoms with van der Waals surface area (Å²) in [6.45, 7) is 3.41. The minimum Gasteiger partial charge on any atom is -0.497 e. The van der Waals surface area contributed by atoms with Crippen molar-refractivity contribution in [1.82, 2.24) is 14.8 Å². The highest BCUT2D eigenvalue weighted by atomic mass is 35.5. The Labute approximate surface area is 166 Å². The fourth-order valence-electron chi connectivity index (χ4n) is 2.67. The van der Waals surface area contributed by atoms with E-state index in [0.29, 0.717) is 27.7 Å². The van der Waals surface area contributed by atoms with Crippen LogP contribution in [0.25, 0.3) is 11.3 Å². The Morgan fingerprint density at radius 1 is 1.25 bits per heavy atom. The van der Waals surface area contributed by atoms with Crippen molar-refractivity contribution in [3.8, 4) is 17.0 Å². The molecule has 0 fully saturated rings. The molecule has 3 aromatic rings. The topological polar surface area (TPSA) is 86.1 Å². The van der Waals surface area contributed by atoms with Gasteiger partial charge in [0.1, 0.15) is 11.8 Å². The number of nitrogens with zero attached hydrogens (tertiary/aromatic N) is 3. The second kappa shape index (κ2) is 8.22. The van der Waals surface area contributed by atoms with E-state index in [4.69, 9.17) is 16.3 Å². The molecule has 28 heavy (non-hydrogen) atoms. The first-order chi connectivity index (χ1) is 13.4. The van der Waals surface area contributed by atoms with Crippen LogP contribution in [0.2, 0.25) is 5.02 Å². The van der Waals surface area contributed by atoms with Gasteiger partial charge in [0.05, 0.1) is 29.7 Å². The number of aromatic nitrogens is 3. The molecule has 0 saturated carbocycles. The number of amides is 1. The summed E-state index contributed by atoms with van der Waals surface area (Å²) in [7, 11) is 1.56. The lowest BCUT2D eigenvalue weighted by Crippen LogP contribution is -2.35. The van der Waals surface area contributed by atoms with Crippen LogP contribution in [0.15, 0.2) is 53.5 Å². The highest BCUT2D eigenvalue weighted by Crippen LogP contribution is 2.26. The van der Waals surface area contributed by atoms with E-state index >= 15 is 0 Å². The Morgan fingerprint density at radius 3 is 2.68 bits per heavy atom. The predicted octanol–water partition coefficient (Wildman–Crippen LogP) is 3.48. The Kier molecular flexibility index (Phi) is 5.75. The molecule has 1 aromatic heterocycles. The lowest BCUT2D eigenvalue weighted by molar-refractivity contribution is -0.119. The van der Waals surface area contributed by atoms with Gasteiger partial charge in [0.25, 0.3) is 0 Å². The number of methoxy groups -OCH3 is 1. The third kappa shape index (κ3) is 4.04. The number of aryl methyl sites for hydroxylation is 1. The summed E-state index contributed by atoms with van der Waals surface area (Å²) < 4.78 is 6.21. The molecular formula is C20H19ClN4O3. The Bertz CT molecular complexity index is 1060. The highest BCUT2D eigenvalue weighted by molar-refractivity contribution is 6.34. The van der Waals surface area contributed by atoms with Gasteiger partial charge in [0.15, 0.2) is 0 Å². The number of carbonyl (C=O) groups excluding carboxylic acids is 1. The summed E-state index contributed by atoms with van der Waals surface area (Å²) in [5, 5.41) is 7.30. The highest BCUT2D eigenvalue weighted by Gasteiger charge is 2.20. The van der Waals surface area contributed by atoms with Crippen LogP contribution >= 0.6 is 11.6 Å². The van der Waals surface area contributed by atoms with Crippen LogP contribution in [0.4, 0.5) is 5.69 Å². The summed E-state index contributed by atoms with van der Waals surface area (Å²) in [5.41, 5.74) is 1.79. The molecule has 0 saturated heterocycles. The summed E-state index contributed by atoms with van der Waals surface area (Å²) in [4.78, 5) is 29.1. The standard InChI is InChI=1S/C20H19ClN4O3/c1-12-6-4-9-16(21)18(12)24-19(26)13(2)25-20(27)23-17(11-22-25)14-7-5-8-15(10-14)28-3/h4-11,13H,1-3H3,(H,24,26). The molecule has 0 aliphatic carbocycles. The van der Waals surface area contributed by atoms with Gasteiger partial charge in [0.2, 0.25) is 5.91 Å². The maximum Gasteiger partial charge on any atom is 0.365 e. The molecule has 0 spiro atoms. The zero-order valence-corrected chi connectivity index (χ0v) is 16.4. The monoisotopic (exact) mass is 398 g/mol. The Balaban J connectivity index is 1.85. The number of nitrogens with one attached hydrogen (secondary N) is 1. The first-order valence-corrected chi connectivity index (χ1v) is 8.94. The molecule has 0 radical (unpaired) electrons. The van der Waals surface area contributed by atoms with Crippen LogP contribution in [0.1, 0.15) is 18.5 Å². The summed E-state index contributed by atoms with van der Waals surface area (Å²) >= 11 is 6.15. The molecule has 0 aliphatic heterocycles. The summed E-state index contributed by atoms with van der Waals surface area (Å²) in [6, 6.07) is 11.6. The van der Waals surface area contributed by atoms with Gasteiger partial charge in [-0.1, -0.05) is 35.9 Å². The number of carbonyl (C=O) groups is 1. The first kappa shape index (κ1) is 19.6. The molecule has 3 rings (SSSR count). The van der Waals surface area contributed by atoms with E-state index in [1.165, 1.54) is 6.20 Å². The maximum atomic E-state index is 12.6. The minimum atomic E-state index is -0.866. The van der Waals surface area contributed by atoms with Crippen molar-refractivity contribution in [2.75, 3.05) is 12.4 Å². The van der Waals surface area contributed by atoms with E-state index in [1.54, 1.807) is 50.4 Å². The number of hydrogen-bond acceptors (Lipinski definition) is 5. The smallest absolute Gasteiger partial charge is 0.365 e. The van der Waals surface area contributed by atoms with Crippen molar-refractivity contribution < 1.29 is 9.53 Å². The van der Waals surface area contributed by atoms with Crippen molar-refractivity contribution in [3.05, 3.63) is 69.7 Å². The van der Waals surface area contributed by atoms with E-state index < -0.39 is 17.6 Å². The van der Waals surface area contributed by atoms with Crippen molar-refractivity contribution in [3.63, 3.8) is 0 Å². The van der Waals surface area contributed by atoms with Gasteiger partial charge in [0, 0.05) is 5.56 Å². The van der Waals surface area contributed by atoms with E-state index in [1.807, 2.05) is 13.0 Å². The Morgan fingerprint density at radius 2 is 2.00 bits per heavy atom. The molecule has 0 aliphatic rings. The zero-order valence-electron chi connectivity index (χ0n) is 15.6. The molecular weight excluding hydrogens is 380 g/mol. The van der Waals surface area contributed by atoms with E-state index in [9.17, 15) is 9.59 Å². The van der Waals surface area contributed by atoms with Crippen molar-refractivity contribution in [1.29, 1.82) is 0 Å². The van der Waals surface area contributed by atoms with Gasteiger partial charge in [-0.25, -0.2) is 9.48 Å². The van der Waals surface area contributed by atoms with Gasteiger partial charge >= 0.3 is 5.69 Å². The largest absolute Gasteiger partial charge is 0.497 e. The van der Waals surface area contributed by atoms with Crippen LogP contribution < -0.4 is 15.7 Å². The maximum absolute atomic E-state index is 12.6. The molecule has 0 bridgehead atoms. The second-order valence-corrected chi connectivity index (χ2v) is 6.60. The van der Waals surface area contributed by atoms with Gasteiger partial charge < -0.3 is 10.1 Å². The third-order valence-electron chi connectivity index (χ3n) is 4.30. The number of halogens is 1. The molecule has 1 N–H and O–H groups in total.